The van der Waals surface area contributed by atoms with Crippen molar-refractivity contribution in [2.24, 2.45) is 5.92 Å². The van der Waals surface area contributed by atoms with E-state index >= 15 is 0 Å². The van der Waals surface area contributed by atoms with Crippen molar-refractivity contribution in [1.82, 2.24) is 0 Å². The quantitative estimate of drug-likeness (QED) is 0.476. The number of nitrogens with one attached hydrogen (secondary N) is 1. The molecule has 8 heteroatoms. The molecule has 0 radical (unpaired) electrons. The summed E-state index contributed by atoms with van der Waals surface area (Å²) in [6, 6.07) is 14.6. The molecule has 3 aromatic rings. The number of amides is 2. The van der Waals surface area contributed by atoms with Crippen molar-refractivity contribution in [3.05, 3.63) is 69.4 Å². The fourth-order valence-corrected chi connectivity index (χ4v) is 5.22. The second-order valence-electron chi connectivity index (χ2n) is 7.88. The van der Waals surface area contributed by atoms with Crippen LogP contribution in [-0.4, -0.2) is 26.0 Å². The minimum absolute atomic E-state index is 0.00505. The Bertz CT molecular complexity index is 1150. The maximum absolute atomic E-state index is 13.5. The number of carbonyl (C=O) groups is 2. The van der Waals surface area contributed by atoms with E-state index in [4.69, 9.17) is 21.1 Å². The first-order valence-corrected chi connectivity index (χ1v) is 11.8. The second-order valence-corrected chi connectivity index (χ2v) is 9.27. The zero-order chi connectivity index (χ0) is 23.5. The Morgan fingerprint density at radius 3 is 2.45 bits per heavy atom. The molecule has 4 rings (SSSR count). The van der Waals surface area contributed by atoms with E-state index in [1.807, 2.05) is 48.7 Å². The lowest BCUT2D eigenvalue weighted by molar-refractivity contribution is -0.125. The van der Waals surface area contributed by atoms with Crippen LogP contribution in [0.3, 0.4) is 0 Å². The van der Waals surface area contributed by atoms with Crippen LogP contribution in [0.2, 0.25) is 5.02 Å². The summed E-state index contributed by atoms with van der Waals surface area (Å²) < 4.78 is 10.6. The van der Waals surface area contributed by atoms with Crippen molar-refractivity contribution < 1.29 is 19.1 Å². The predicted octanol–water partition coefficient (Wildman–Crippen LogP) is 5.85. The summed E-state index contributed by atoms with van der Waals surface area (Å²) in [7, 11) is 3.05. The number of aryl methyl sites for hydroxylation is 1. The third kappa shape index (κ3) is 4.70. The molecule has 0 saturated carbocycles. The molecule has 1 saturated heterocycles. The minimum Gasteiger partial charge on any atom is -0.493 e. The molecular formula is C25H25ClN2O4S. The number of methoxy groups -OCH3 is 2. The monoisotopic (exact) mass is 484 g/mol. The molecule has 1 N–H and O–H groups in total. The largest absolute Gasteiger partial charge is 0.493 e. The molecular weight excluding hydrogens is 460 g/mol. The van der Waals surface area contributed by atoms with E-state index < -0.39 is 12.0 Å². The molecule has 2 aromatic carbocycles. The normalized spacial score (nSPS) is 18.2. The highest BCUT2D eigenvalue weighted by molar-refractivity contribution is 7.10. The summed E-state index contributed by atoms with van der Waals surface area (Å²) in [5.74, 6) is 0.294. The lowest BCUT2D eigenvalue weighted by atomic mass is 9.86. The first-order valence-electron chi connectivity index (χ1n) is 10.6. The van der Waals surface area contributed by atoms with Crippen LogP contribution in [0, 0.1) is 12.8 Å². The molecule has 2 amide bonds. The number of hydrogen-bond acceptors (Lipinski definition) is 5. The van der Waals surface area contributed by atoms with Gasteiger partial charge in [-0.3, -0.25) is 9.59 Å². The molecule has 172 valence electrons. The van der Waals surface area contributed by atoms with Gasteiger partial charge in [-0.15, -0.1) is 11.3 Å². The average molecular weight is 485 g/mol. The molecule has 2 unspecified atom stereocenters. The summed E-state index contributed by atoms with van der Waals surface area (Å²) >= 11 is 7.94. The van der Waals surface area contributed by atoms with E-state index in [0.29, 0.717) is 28.6 Å². The van der Waals surface area contributed by atoms with Crippen molar-refractivity contribution in [2.75, 3.05) is 24.4 Å². The van der Waals surface area contributed by atoms with Gasteiger partial charge in [-0.2, -0.15) is 0 Å². The Balaban J connectivity index is 1.69. The van der Waals surface area contributed by atoms with E-state index in [1.165, 1.54) is 25.6 Å². The van der Waals surface area contributed by atoms with Crippen LogP contribution >= 0.6 is 22.9 Å². The Hall–Kier alpha value is -3.03. The number of carbonyl (C=O) groups excluding carboxylic acids is 2. The van der Waals surface area contributed by atoms with Crippen molar-refractivity contribution >= 4 is 46.1 Å². The summed E-state index contributed by atoms with van der Waals surface area (Å²) in [5.41, 5.74) is 2.32. The molecule has 1 fully saturated rings. The maximum atomic E-state index is 13.5. The van der Waals surface area contributed by atoms with Gasteiger partial charge in [-0.05, 0) is 36.9 Å². The first-order chi connectivity index (χ1) is 15.9. The Kier molecular flexibility index (Phi) is 6.91. The topological polar surface area (TPSA) is 67.9 Å². The molecule has 0 aliphatic carbocycles. The molecule has 2 heterocycles. The Labute approximate surface area is 202 Å². The predicted molar refractivity (Wildman–Crippen MR) is 132 cm³/mol. The first kappa shape index (κ1) is 23.1. The molecule has 1 aliphatic heterocycles. The summed E-state index contributed by atoms with van der Waals surface area (Å²) in [6.45, 7) is 2.00. The maximum Gasteiger partial charge on any atom is 0.230 e. The zero-order valence-electron chi connectivity index (χ0n) is 18.6. The highest BCUT2D eigenvalue weighted by Crippen LogP contribution is 2.43. The van der Waals surface area contributed by atoms with Gasteiger partial charge in [0.05, 0.1) is 36.9 Å². The number of piperidine rings is 1. The van der Waals surface area contributed by atoms with Gasteiger partial charge in [-0.25, -0.2) is 0 Å². The number of halogens is 1. The molecule has 0 bridgehead atoms. The third-order valence-electron chi connectivity index (χ3n) is 5.81. The standard InChI is InChI=1S/C25H25ClN2O4S/c1-15-6-8-16(9-7-15)28-23(29)11-10-17(24(28)22-5-4-12-33-22)25(30)27-19-14-21(32-3)20(31-2)13-18(19)26/h4-9,12-14,17,24H,10-11H2,1-3H3,(H,27,30). The third-order valence-corrected chi connectivity index (χ3v) is 7.07. The summed E-state index contributed by atoms with van der Waals surface area (Å²) in [4.78, 5) is 29.3. The molecule has 6 nitrogen and oxygen atoms in total. The second kappa shape index (κ2) is 9.85. The smallest absolute Gasteiger partial charge is 0.230 e. The highest BCUT2D eigenvalue weighted by atomic mass is 35.5. The number of anilines is 2. The van der Waals surface area contributed by atoms with Gasteiger partial charge in [0.2, 0.25) is 11.8 Å². The van der Waals surface area contributed by atoms with Crippen molar-refractivity contribution in [2.45, 2.75) is 25.8 Å². The number of hydrogen-bond donors (Lipinski definition) is 1. The lowest BCUT2D eigenvalue weighted by Gasteiger charge is -2.40. The number of nitrogens with zero attached hydrogens (tertiary/aromatic N) is 1. The van der Waals surface area contributed by atoms with Crippen LogP contribution in [0.15, 0.2) is 53.9 Å². The molecule has 2 atom stereocenters. The van der Waals surface area contributed by atoms with E-state index in [2.05, 4.69) is 5.32 Å². The van der Waals surface area contributed by atoms with Crippen LogP contribution in [0.4, 0.5) is 11.4 Å². The van der Waals surface area contributed by atoms with Gasteiger partial charge in [0.1, 0.15) is 0 Å². The van der Waals surface area contributed by atoms with Gasteiger partial charge >= 0.3 is 0 Å². The van der Waals surface area contributed by atoms with Gasteiger partial charge in [0.25, 0.3) is 0 Å². The van der Waals surface area contributed by atoms with Gasteiger partial charge in [0, 0.05) is 29.1 Å². The van der Waals surface area contributed by atoms with Crippen LogP contribution in [-0.2, 0) is 9.59 Å². The van der Waals surface area contributed by atoms with Crippen molar-refractivity contribution in [1.29, 1.82) is 0 Å². The zero-order valence-corrected chi connectivity index (χ0v) is 20.2. The van der Waals surface area contributed by atoms with Crippen LogP contribution < -0.4 is 19.7 Å². The molecule has 1 aliphatic rings. The van der Waals surface area contributed by atoms with Crippen LogP contribution in [0.1, 0.15) is 29.3 Å². The number of benzene rings is 2. The molecule has 1 aromatic heterocycles. The summed E-state index contributed by atoms with van der Waals surface area (Å²) in [6.07, 6.45) is 0.730. The molecule has 33 heavy (non-hydrogen) atoms. The van der Waals surface area contributed by atoms with Crippen molar-refractivity contribution in [3.8, 4) is 11.5 Å². The van der Waals surface area contributed by atoms with Gasteiger partial charge < -0.3 is 19.7 Å². The van der Waals surface area contributed by atoms with E-state index in [0.717, 1.165) is 16.1 Å². The minimum atomic E-state index is -0.452. The number of ether oxygens (including phenoxy) is 2. The number of rotatable bonds is 6. The fourth-order valence-electron chi connectivity index (χ4n) is 4.14. The average Bonchev–Trinajstić information content (AvgIpc) is 3.35. The molecule has 0 spiro atoms. The van der Waals surface area contributed by atoms with Crippen LogP contribution in [0.5, 0.6) is 11.5 Å². The summed E-state index contributed by atoms with van der Waals surface area (Å²) in [5, 5.41) is 5.26. The highest BCUT2D eigenvalue weighted by Gasteiger charge is 2.42. The van der Waals surface area contributed by atoms with E-state index in [9.17, 15) is 9.59 Å². The van der Waals surface area contributed by atoms with Gasteiger partial charge in [0.15, 0.2) is 11.5 Å². The number of thiophene rings is 1. The van der Waals surface area contributed by atoms with E-state index in [-0.39, 0.29) is 18.2 Å². The van der Waals surface area contributed by atoms with Crippen LogP contribution in [0.25, 0.3) is 0 Å². The Morgan fingerprint density at radius 2 is 1.82 bits per heavy atom. The van der Waals surface area contributed by atoms with Crippen molar-refractivity contribution in [3.63, 3.8) is 0 Å². The lowest BCUT2D eigenvalue weighted by Crippen LogP contribution is -2.46. The van der Waals surface area contributed by atoms with Gasteiger partial charge in [-0.1, -0.05) is 35.4 Å². The fraction of sp³-hybridized carbons (Fsp3) is 0.280. The van der Waals surface area contributed by atoms with E-state index in [1.54, 1.807) is 17.0 Å². The Morgan fingerprint density at radius 1 is 1.12 bits per heavy atom. The SMILES string of the molecule is COc1cc(Cl)c(NC(=O)C2CCC(=O)N(c3ccc(C)cc3)C2c2cccs2)cc1OC.